The lowest BCUT2D eigenvalue weighted by Crippen LogP contribution is -2.04. The first kappa shape index (κ1) is 16.7. The van der Waals surface area contributed by atoms with E-state index < -0.39 is 0 Å². The Morgan fingerprint density at radius 2 is 1.35 bits per heavy atom. The van der Waals surface area contributed by atoms with Crippen LogP contribution in [0.2, 0.25) is 0 Å². The second-order valence-electron chi connectivity index (χ2n) is 4.36. The van der Waals surface area contributed by atoms with Crippen LogP contribution in [0.25, 0.3) is 0 Å². The van der Waals surface area contributed by atoms with Gasteiger partial charge >= 0.3 is 0 Å². The molecular formula is C15H30O2. The van der Waals surface area contributed by atoms with Crippen molar-refractivity contribution in [1.29, 1.82) is 0 Å². The topological polar surface area (TPSA) is 18.5 Å². The number of hydrogen-bond donors (Lipinski definition) is 0. The van der Waals surface area contributed by atoms with Gasteiger partial charge in [0.25, 0.3) is 0 Å². The van der Waals surface area contributed by atoms with Gasteiger partial charge < -0.3 is 9.47 Å². The smallest absolute Gasteiger partial charge is 0.0700 e. The summed E-state index contributed by atoms with van der Waals surface area (Å²) in [5, 5.41) is 0. The van der Waals surface area contributed by atoms with E-state index in [1.807, 2.05) is 13.0 Å². The molecular weight excluding hydrogens is 212 g/mol. The van der Waals surface area contributed by atoms with Gasteiger partial charge in [-0.15, -0.1) is 6.58 Å². The molecule has 0 fully saturated rings. The summed E-state index contributed by atoms with van der Waals surface area (Å²) >= 11 is 0. The molecule has 0 aliphatic rings. The maximum Gasteiger partial charge on any atom is 0.0700 e. The maximum absolute atomic E-state index is 5.46. The van der Waals surface area contributed by atoms with Gasteiger partial charge in [-0.25, -0.2) is 0 Å². The highest BCUT2D eigenvalue weighted by Crippen LogP contribution is 2.08. The quantitative estimate of drug-likeness (QED) is 0.333. The predicted molar refractivity (Wildman–Crippen MR) is 74.4 cm³/mol. The zero-order valence-electron chi connectivity index (χ0n) is 11.6. The van der Waals surface area contributed by atoms with E-state index >= 15 is 0 Å². The summed E-state index contributed by atoms with van der Waals surface area (Å²) in [5.74, 6) is 0. The maximum atomic E-state index is 5.46. The molecule has 0 aliphatic heterocycles. The van der Waals surface area contributed by atoms with Gasteiger partial charge in [-0.2, -0.15) is 0 Å². The third-order valence-electron chi connectivity index (χ3n) is 2.77. The largest absolute Gasteiger partial charge is 0.379 e. The van der Waals surface area contributed by atoms with Gasteiger partial charge in [0.05, 0.1) is 13.2 Å². The van der Waals surface area contributed by atoms with E-state index in [2.05, 4.69) is 6.58 Å². The minimum Gasteiger partial charge on any atom is -0.379 e. The van der Waals surface area contributed by atoms with Crippen molar-refractivity contribution >= 4 is 0 Å². The summed E-state index contributed by atoms with van der Waals surface area (Å²) in [6.07, 6.45) is 12.4. The zero-order valence-corrected chi connectivity index (χ0v) is 11.6. The van der Waals surface area contributed by atoms with Crippen LogP contribution in [0.5, 0.6) is 0 Å². The Labute approximate surface area is 107 Å². The van der Waals surface area contributed by atoms with Crippen LogP contribution in [0.15, 0.2) is 12.7 Å². The fourth-order valence-electron chi connectivity index (χ4n) is 1.74. The molecule has 0 radical (unpaired) electrons. The van der Waals surface area contributed by atoms with Gasteiger partial charge in [0.15, 0.2) is 0 Å². The van der Waals surface area contributed by atoms with E-state index in [4.69, 9.17) is 9.47 Å². The van der Waals surface area contributed by atoms with Crippen molar-refractivity contribution in [2.24, 2.45) is 0 Å². The van der Waals surface area contributed by atoms with E-state index in [-0.39, 0.29) is 0 Å². The molecule has 0 aliphatic carbocycles. The Hall–Kier alpha value is -0.340. The summed E-state index contributed by atoms with van der Waals surface area (Å²) in [4.78, 5) is 0. The summed E-state index contributed by atoms with van der Waals surface area (Å²) in [5.41, 5.74) is 0. The van der Waals surface area contributed by atoms with Crippen LogP contribution in [-0.2, 0) is 9.47 Å². The van der Waals surface area contributed by atoms with Crippen LogP contribution in [0.4, 0.5) is 0 Å². The van der Waals surface area contributed by atoms with E-state index in [0.717, 1.165) is 26.4 Å². The van der Waals surface area contributed by atoms with Gasteiger partial charge in [-0.05, 0) is 26.2 Å². The predicted octanol–water partition coefficient (Wildman–Crippen LogP) is 4.35. The average molecular weight is 242 g/mol. The van der Waals surface area contributed by atoms with Gasteiger partial charge in [-0.3, -0.25) is 0 Å². The van der Waals surface area contributed by atoms with Crippen molar-refractivity contribution in [2.75, 3.05) is 26.4 Å². The molecule has 17 heavy (non-hydrogen) atoms. The molecule has 0 atom stereocenters. The molecule has 0 unspecified atom stereocenters. The number of unbranched alkanes of at least 4 members (excludes halogenated alkanes) is 7. The molecule has 0 saturated carbocycles. The van der Waals surface area contributed by atoms with Crippen molar-refractivity contribution in [2.45, 2.75) is 58.3 Å². The van der Waals surface area contributed by atoms with Crippen molar-refractivity contribution in [3.8, 4) is 0 Å². The molecule has 2 heteroatoms. The van der Waals surface area contributed by atoms with E-state index in [9.17, 15) is 0 Å². The minimum absolute atomic E-state index is 0.736. The number of allylic oxidation sites excluding steroid dienone is 1. The fourth-order valence-corrected chi connectivity index (χ4v) is 1.74. The highest BCUT2D eigenvalue weighted by Gasteiger charge is 1.92. The Morgan fingerprint density at radius 3 is 2.00 bits per heavy atom. The van der Waals surface area contributed by atoms with Crippen LogP contribution in [0.1, 0.15) is 58.3 Å². The number of ether oxygens (including phenoxy) is 2. The summed E-state index contributed by atoms with van der Waals surface area (Å²) in [6.45, 7) is 8.90. The van der Waals surface area contributed by atoms with Crippen molar-refractivity contribution in [1.82, 2.24) is 0 Å². The molecule has 0 aromatic rings. The summed E-state index contributed by atoms with van der Waals surface area (Å²) in [7, 11) is 0. The molecule has 0 amide bonds. The van der Waals surface area contributed by atoms with Gasteiger partial charge in [0, 0.05) is 13.2 Å². The van der Waals surface area contributed by atoms with E-state index in [0.29, 0.717) is 0 Å². The molecule has 0 aromatic carbocycles. The van der Waals surface area contributed by atoms with Crippen molar-refractivity contribution in [3.63, 3.8) is 0 Å². The Morgan fingerprint density at radius 1 is 0.765 bits per heavy atom. The molecule has 0 aromatic heterocycles. The second kappa shape index (κ2) is 15.7. The van der Waals surface area contributed by atoms with Crippen LogP contribution in [-0.4, -0.2) is 26.4 Å². The molecule has 2 nitrogen and oxygen atoms in total. The average Bonchev–Trinajstić information content (AvgIpc) is 2.35. The zero-order chi connectivity index (χ0) is 12.6. The first-order valence-electron chi connectivity index (χ1n) is 7.18. The lowest BCUT2D eigenvalue weighted by Gasteiger charge is -2.04. The first-order valence-corrected chi connectivity index (χ1v) is 7.18. The third kappa shape index (κ3) is 15.7. The van der Waals surface area contributed by atoms with Crippen LogP contribution >= 0.6 is 0 Å². The Kier molecular flexibility index (Phi) is 15.3. The van der Waals surface area contributed by atoms with E-state index in [1.165, 1.54) is 51.4 Å². The van der Waals surface area contributed by atoms with Crippen LogP contribution in [0, 0.1) is 0 Å². The van der Waals surface area contributed by atoms with Crippen LogP contribution < -0.4 is 0 Å². The van der Waals surface area contributed by atoms with Crippen LogP contribution in [0.3, 0.4) is 0 Å². The van der Waals surface area contributed by atoms with Crippen molar-refractivity contribution in [3.05, 3.63) is 12.7 Å². The molecule has 0 spiro atoms. The Bertz CT molecular complexity index is 146. The van der Waals surface area contributed by atoms with Gasteiger partial charge in [-0.1, -0.05) is 38.2 Å². The third-order valence-corrected chi connectivity index (χ3v) is 2.77. The fraction of sp³-hybridized carbons (Fsp3) is 0.867. The summed E-state index contributed by atoms with van der Waals surface area (Å²) in [6, 6.07) is 0. The molecule has 0 rings (SSSR count). The molecule has 0 heterocycles. The normalized spacial score (nSPS) is 10.6. The van der Waals surface area contributed by atoms with Gasteiger partial charge in [0.2, 0.25) is 0 Å². The monoisotopic (exact) mass is 242 g/mol. The molecule has 0 N–H and O–H groups in total. The first-order chi connectivity index (χ1) is 8.41. The molecule has 102 valence electrons. The number of rotatable bonds is 14. The van der Waals surface area contributed by atoms with Crippen molar-refractivity contribution < 1.29 is 9.47 Å². The van der Waals surface area contributed by atoms with E-state index in [1.54, 1.807) is 0 Å². The molecule has 0 bridgehead atoms. The number of hydrogen-bond acceptors (Lipinski definition) is 2. The lowest BCUT2D eigenvalue weighted by atomic mass is 10.1. The van der Waals surface area contributed by atoms with Gasteiger partial charge in [0.1, 0.15) is 0 Å². The SMILES string of the molecule is C=CCCCCCCCCCOCCOCC. The highest BCUT2D eigenvalue weighted by atomic mass is 16.5. The lowest BCUT2D eigenvalue weighted by molar-refractivity contribution is 0.0512. The summed E-state index contributed by atoms with van der Waals surface area (Å²) < 4.78 is 10.7. The second-order valence-corrected chi connectivity index (χ2v) is 4.36. The minimum atomic E-state index is 0.736. The highest BCUT2D eigenvalue weighted by molar-refractivity contribution is 4.65. The standard InChI is InChI=1S/C15H30O2/c1-3-5-6-7-8-9-10-11-12-13-17-15-14-16-4-2/h3H,1,4-15H2,2H3. The Balaban J connectivity index is 2.87. The molecule has 0 saturated heterocycles.